The first kappa shape index (κ1) is 17.8. The van der Waals surface area contributed by atoms with Crippen molar-refractivity contribution in [3.05, 3.63) is 41.1 Å². The number of amides is 1. The Kier molecular flexibility index (Phi) is 5.07. The van der Waals surface area contributed by atoms with Crippen molar-refractivity contribution >= 4 is 34.9 Å². The first-order valence-electron chi connectivity index (χ1n) is 7.37. The summed E-state index contributed by atoms with van der Waals surface area (Å²) in [4.78, 5) is 10.7. The Bertz CT molecular complexity index is 730. The molecule has 0 fully saturated rings. The Morgan fingerprint density at radius 1 is 1.22 bits per heavy atom. The summed E-state index contributed by atoms with van der Waals surface area (Å²) in [6.07, 6.45) is 0. The lowest BCUT2D eigenvalue weighted by atomic mass is 9.92. The molecule has 0 saturated heterocycles. The van der Waals surface area contributed by atoms with Crippen LogP contribution in [0.3, 0.4) is 0 Å². The molecule has 23 heavy (non-hydrogen) atoms. The van der Waals surface area contributed by atoms with Gasteiger partial charge in [-0.05, 0) is 25.5 Å². The van der Waals surface area contributed by atoms with Gasteiger partial charge < -0.3 is 5.32 Å². The molecule has 6 heteroatoms. The predicted molar refractivity (Wildman–Crippen MR) is 95.9 cm³/mol. The number of hydrogen-bond donors (Lipinski definition) is 1. The summed E-state index contributed by atoms with van der Waals surface area (Å²) >= 11 is 11.3. The second-order valence-electron chi connectivity index (χ2n) is 6.66. The van der Waals surface area contributed by atoms with E-state index in [1.807, 2.05) is 32.0 Å². The maximum Gasteiger partial charge on any atom is 0.258 e. The van der Waals surface area contributed by atoms with Gasteiger partial charge in [0.15, 0.2) is 4.84 Å². The van der Waals surface area contributed by atoms with Gasteiger partial charge in [-0.25, -0.2) is 4.68 Å². The molecule has 2 rings (SSSR count). The Balaban J connectivity index is 2.56. The van der Waals surface area contributed by atoms with Gasteiger partial charge in [0.25, 0.3) is 5.91 Å². The number of rotatable bonds is 3. The summed E-state index contributed by atoms with van der Waals surface area (Å²) in [5.74, 6) is 0.0814. The normalized spacial score (nSPS) is 11.8. The van der Waals surface area contributed by atoms with Gasteiger partial charge in [-0.2, -0.15) is 5.10 Å². The summed E-state index contributed by atoms with van der Waals surface area (Å²) in [5.41, 5.74) is 3.86. The van der Waals surface area contributed by atoms with Crippen molar-refractivity contribution in [1.82, 2.24) is 9.78 Å². The molecule has 0 aliphatic carbocycles. The molecule has 0 atom stereocenters. The van der Waals surface area contributed by atoms with E-state index in [2.05, 4.69) is 37.3 Å². The third kappa shape index (κ3) is 4.06. The van der Waals surface area contributed by atoms with Crippen LogP contribution in [0, 0.1) is 13.8 Å². The van der Waals surface area contributed by atoms with Crippen molar-refractivity contribution < 1.29 is 4.79 Å². The van der Waals surface area contributed by atoms with E-state index in [-0.39, 0.29) is 5.41 Å². The van der Waals surface area contributed by atoms with E-state index < -0.39 is 10.7 Å². The van der Waals surface area contributed by atoms with Crippen LogP contribution in [0.5, 0.6) is 0 Å². The maximum atomic E-state index is 11.9. The van der Waals surface area contributed by atoms with Crippen LogP contribution in [0.2, 0.25) is 0 Å². The Hall–Kier alpha value is -1.52. The molecule has 1 aromatic carbocycles. The number of carbonyl (C=O) groups is 1. The van der Waals surface area contributed by atoms with Crippen LogP contribution in [-0.4, -0.2) is 20.5 Å². The molecule has 2 aromatic rings. The van der Waals surface area contributed by atoms with Gasteiger partial charge in [-0.3, -0.25) is 4.79 Å². The molecule has 0 bridgehead atoms. The molecular formula is C17H21Cl2N3O. The topological polar surface area (TPSA) is 46.9 Å². The van der Waals surface area contributed by atoms with E-state index >= 15 is 0 Å². The van der Waals surface area contributed by atoms with E-state index in [1.165, 1.54) is 5.56 Å². The molecular weight excluding hydrogens is 333 g/mol. The van der Waals surface area contributed by atoms with Gasteiger partial charge in [0.1, 0.15) is 5.82 Å². The number of hydrogen-bond acceptors (Lipinski definition) is 2. The highest BCUT2D eigenvalue weighted by Crippen LogP contribution is 2.28. The fraction of sp³-hybridized carbons (Fsp3) is 0.412. The summed E-state index contributed by atoms with van der Waals surface area (Å²) in [6, 6.07) is 7.93. The SMILES string of the molecule is Cc1ccc(-n2nc(C(C)(C)C)cc2NC(=O)C(Cl)Cl)c(C)c1. The largest absolute Gasteiger partial charge is 0.308 e. The fourth-order valence-corrected chi connectivity index (χ4v) is 2.35. The quantitative estimate of drug-likeness (QED) is 0.824. The molecule has 4 nitrogen and oxygen atoms in total. The summed E-state index contributed by atoms with van der Waals surface area (Å²) in [6.45, 7) is 10.3. The van der Waals surface area contributed by atoms with Crippen molar-refractivity contribution in [2.45, 2.75) is 44.9 Å². The first-order chi connectivity index (χ1) is 10.6. The van der Waals surface area contributed by atoms with Crippen LogP contribution in [0.15, 0.2) is 24.3 Å². The second-order valence-corrected chi connectivity index (χ2v) is 7.75. The minimum atomic E-state index is -1.13. The van der Waals surface area contributed by atoms with Gasteiger partial charge >= 0.3 is 0 Å². The van der Waals surface area contributed by atoms with Crippen molar-refractivity contribution in [3.63, 3.8) is 0 Å². The number of anilines is 1. The van der Waals surface area contributed by atoms with Crippen molar-refractivity contribution in [1.29, 1.82) is 0 Å². The van der Waals surface area contributed by atoms with Crippen LogP contribution in [0.1, 0.15) is 37.6 Å². The second kappa shape index (κ2) is 6.54. The molecule has 0 radical (unpaired) electrons. The molecule has 1 N–H and O–H groups in total. The lowest BCUT2D eigenvalue weighted by Crippen LogP contribution is -2.20. The van der Waals surface area contributed by atoms with Crippen LogP contribution < -0.4 is 5.32 Å². The number of nitrogens with zero attached hydrogens (tertiary/aromatic N) is 2. The number of aryl methyl sites for hydroxylation is 2. The van der Waals surface area contributed by atoms with Crippen molar-refractivity contribution in [2.75, 3.05) is 5.32 Å². The molecule has 1 aromatic heterocycles. The van der Waals surface area contributed by atoms with Crippen molar-refractivity contribution in [2.24, 2.45) is 0 Å². The minimum absolute atomic E-state index is 0.148. The Labute approximate surface area is 146 Å². The molecule has 1 amide bonds. The molecule has 0 unspecified atom stereocenters. The zero-order valence-electron chi connectivity index (χ0n) is 13.9. The highest BCUT2D eigenvalue weighted by Gasteiger charge is 2.23. The third-order valence-electron chi connectivity index (χ3n) is 3.51. The average Bonchev–Trinajstić information content (AvgIpc) is 2.82. The number of benzene rings is 1. The molecule has 1 heterocycles. The van der Waals surface area contributed by atoms with Gasteiger partial charge in [0, 0.05) is 11.5 Å². The summed E-state index contributed by atoms with van der Waals surface area (Å²) < 4.78 is 1.73. The van der Waals surface area contributed by atoms with Crippen LogP contribution in [0.4, 0.5) is 5.82 Å². The Morgan fingerprint density at radius 3 is 2.39 bits per heavy atom. The van der Waals surface area contributed by atoms with E-state index in [9.17, 15) is 4.79 Å². The van der Waals surface area contributed by atoms with Crippen LogP contribution in [-0.2, 0) is 10.2 Å². The molecule has 0 spiro atoms. The summed E-state index contributed by atoms with van der Waals surface area (Å²) in [7, 11) is 0. The van der Waals surface area contributed by atoms with E-state index in [0.717, 1.165) is 16.9 Å². The van der Waals surface area contributed by atoms with Crippen LogP contribution in [0.25, 0.3) is 5.69 Å². The summed E-state index contributed by atoms with van der Waals surface area (Å²) in [5, 5.41) is 7.41. The number of nitrogens with one attached hydrogen (secondary N) is 1. The van der Waals surface area contributed by atoms with E-state index in [0.29, 0.717) is 5.82 Å². The minimum Gasteiger partial charge on any atom is -0.308 e. The average molecular weight is 354 g/mol. The monoisotopic (exact) mass is 353 g/mol. The molecule has 0 aliphatic rings. The first-order valence-corrected chi connectivity index (χ1v) is 8.24. The van der Waals surface area contributed by atoms with Gasteiger partial charge in [0.05, 0.1) is 11.4 Å². The zero-order chi connectivity index (χ0) is 17.4. The Morgan fingerprint density at radius 2 is 1.87 bits per heavy atom. The predicted octanol–water partition coefficient (Wildman–Crippen LogP) is 4.53. The maximum absolute atomic E-state index is 11.9. The zero-order valence-corrected chi connectivity index (χ0v) is 15.5. The lowest BCUT2D eigenvalue weighted by molar-refractivity contribution is -0.114. The van der Waals surface area contributed by atoms with Gasteiger partial charge in [-0.1, -0.05) is 61.7 Å². The molecule has 0 aliphatic heterocycles. The van der Waals surface area contributed by atoms with E-state index in [1.54, 1.807) is 4.68 Å². The number of carbonyl (C=O) groups excluding carboxylic acids is 1. The van der Waals surface area contributed by atoms with Crippen LogP contribution >= 0.6 is 23.2 Å². The number of halogens is 2. The fourth-order valence-electron chi connectivity index (χ4n) is 2.24. The third-order valence-corrected chi connectivity index (χ3v) is 3.90. The van der Waals surface area contributed by atoms with Gasteiger partial charge in [-0.15, -0.1) is 0 Å². The van der Waals surface area contributed by atoms with Gasteiger partial charge in [0.2, 0.25) is 0 Å². The smallest absolute Gasteiger partial charge is 0.258 e. The highest BCUT2D eigenvalue weighted by molar-refractivity contribution is 6.54. The van der Waals surface area contributed by atoms with Crippen molar-refractivity contribution in [3.8, 4) is 5.69 Å². The number of aromatic nitrogens is 2. The molecule has 124 valence electrons. The lowest BCUT2D eigenvalue weighted by Gasteiger charge is -2.14. The standard InChI is InChI=1S/C17H21Cl2N3O/c1-10-6-7-12(11(2)8-10)22-14(20-16(23)15(18)19)9-13(21-22)17(3,4)5/h6-9,15H,1-5H3,(H,20,23). The van der Waals surface area contributed by atoms with E-state index in [4.69, 9.17) is 23.2 Å². The molecule has 0 saturated carbocycles. The highest BCUT2D eigenvalue weighted by atomic mass is 35.5. The number of alkyl halides is 2.